The van der Waals surface area contributed by atoms with Gasteiger partial charge in [-0.1, -0.05) is 6.07 Å². The zero-order chi connectivity index (χ0) is 37.5. The number of rotatable bonds is 12. The number of anilines is 1. The van der Waals surface area contributed by atoms with Gasteiger partial charge in [-0.25, -0.2) is 14.6 Å². The fraction of sp³-hybridized carbons (Fsp3) is 0.553. The number of imidazole rings is 1. The highest BCUT2D eigenvalue weighted by Crippen LogP contribution is 2.28. The molecule has 1 aliphatic heterocycles. The molecule has 1 aromatic heterocycles. The van der Waals surface area contributed by atoms with E-state index in [4.69, 9.17) is 14.5 Å². The first-order valence-corrected chi connectivity index (χ1v) is 17.7. The summed E-state index contributed by atoms with van der Waals surface area (Å²) in [6.45, 7) is 16.2. The number of nitrogens with one attached hydrogen (secondary N) is 2. The summed E-state index contributed by atoms with van der Waals surface area (Å²) in [5, 5.41) is 5.76. The van der Waals surface area contributed by atoms with Gasteiger partial charge in [-0.3, -0.25) is 19.8 Å². The van der Waals surface area contributed by atoms with Crippen molar-refractivity contribution in [3.05, 3.63) is 58.7 Å². The van der Waals surface area contributed by atoms with Gasteiger partial charge in [0, 0.05) is 65.5 Å². The molecule has 0 unspecified atom stereocenters. The summed E-state index contributed by atoms with van der Waals surface area (Å²) in [5.41, 5.74) is 2.00. The lowest BCUT2D eigenvalue weighted by molar-refractivity contribution is 0.00690. The maximum atomic E-state index is 13.7. The first-order valence-electron chi connectivity index (χ1n) is 17.7. The van der Waals surface area contributed by atoms with E-state index in [2.05, 4.69) is 27.5 Å². The number of nitrogens with zero attached hydrogens (tertiary/aromatic N) is 5. The monoisotopic (exact) mass is 705 g/mol. The molecule has 13 heteroatoms. The van der Waals surface area contributed by atoms with Crippen LogP contribution in [0.15, 0.2) is 36.4 Å². The Bertz CT molecular complexity index is 1710. The number of fused-ring (bicyclic) bond motifs is 1. The number of hydrogen-bond donors (Lipinski definition) is 2. The van der Waals surface area contributed by atoms with Crippen LogP contribution in [0.25, 0.3) is 11.0 Å². The first kappa shape index (κ1) is 39.3. The number of aromatic nitrogens is 2. The number of ether oxygens (including phenoxy) is 2. The van der Waals surface area contributed by atoms with Crippen molar-refractivity contribution in [2.45, 2.75) is 85.1 Å². The van der Waals surface area contributed by atoms with Gasteiger partial charge in [0.15, 0.2) is 0 Å². The summed E-state index contributed by atoms with van der Waals surface area (Å²) < 4.78 is 12.7. The van der Waals surface area contributed by atoms with Gasteiger partial charge >= 0.3 is 12.1 Å². The van der Waals surface area contributed by atoms with Gasteiger partial charge in [-0.2, -0.15) is 0 Å². The molecule has 4 rings (SSSR count). The lowest BCUT2D eigenvalue weighted by Crippen LogP contribution is -2.43. The number of carbonyl (C=O) groups is 4. The van der Waals surface area contributed by atoms with Gasteiger partial charge in [0.1, 0.15) is 11.2 Å². The van der Waals surface area contributed by atoms with E-state index in [0.29, 0.717) is 55.0 Å². The maximum Gasteiger partial charge on any atom is 0.407 e. The van der Waals surface area contributed by atoms with Crippen molar-refractivity contribution in [2.24, 2.45) is 0 Å². The van der Waals surface area contributed by atoms with E-state index in [1.807, 2.05) is 37.5 Å². The molecule has 13 nitrogen and oxygen atoms in total. The van der Waals surface area contributed by atoms with Crippen LogP contribution < -0.4 is 10.6 Å². The molecule has 1 fully saturated rings. The minimum absolute atomic E-state index is 0.161. The average Bonchev–Trinajstić information content (AvgIpc) is 3.37. The Labute approximate surface area is 301 Å². The van der Waals surface area contributed by atoms with Crippen molar-refractivity contribution in [2.75, 3.05) is 59.2 Å². The van der Waals surface area contributed by atoms with Crippen LogP contribution >= 0.6 is 0 Å². The van der Waals surface area contributed by atoms with Gasteiger partial charge in [0.05, 0.1) is 22.2 Å². The van der Waals surface area contributed by atoms with Gasteiger partial charge in [-0.05, 0) is 104 Å². The quantitative estimate of drug-likeness (QED) is 0.188. The highest BCUT2D eigenvalue weighted by molar-refractivity contribution is 6.08. The average molecular weight is 706 g/mol. The topological polar surface area (TPSA) is 138 Å². The van der Waals surface area contributed by atoms with Crippen LogP contribution in [0, 0.1) is 0 Å². The number of esters is 1. The molecule has 0 saturated carbocycles. The van der Waals surface area contributed by atoms with Crippen LogP contribution in [0.3, 0.4) is 0 Å². The number of unbranched alkanes of at least 4 members (excludes halogenated alkanes) is 2. The fourth-order valence-corrected chi connectivity index (χ4v) is 5.77. The zero-order valence-corrected chi connectivity index (χ0v) is 31.7. The fourth-order valence-electron chi connectivity index (χ4n) is 5.77. The molecule has 1 aliphatic rings. The Balaban J connectivity index is 1.64. The van der Waals surface area contributed by atoms with Crippen LogP contribution in [0.1, 0.15) is 97.4 Å². The molecule has 0 aliphatic carbocycles. The summed E-state index contributed by atoms with van der Waals surface area (Å²) in [6, 6.07) is 10.3. The Morgan fingerprint density at radius 2 is 1.53 bits per heavy atom. The highest BCUT2D eigenvalue weighted by Gasteiger charge is 2.25. The molecule has 0 bridgehead atoms. The van der Waals surface area contributed by atoms with Gasteiger partial charge in [0.2, 0.25) is 5.95 Å². The third-order valence-corrected chi connectivity index (χ3v) is 8.25. The van der Waals surface area contributed by atoms with Crippen LogP contribution in [0.2, 0.25) is 0 Å². The number of hydrogen-bond acceptors (Lipinski definition) is 9. The maximum absolute atomic E-state index is 13.7. The number of alkyl carbamates (subject to hydrolysis) is 1. The number of amides is 3. The Hall–Kier alpha value is -4.49. The number of aryl methyl sites for hydroxylation is 1. The summed E-state index contributed by atoms with van der Waals surface area (Å²) >= 11 is 0. The molecular weight excluding hydrogens is 650 g/mol. The molecule has 0 spiro atoms. The highest BCUT2D eigenvalue weighted by atomic mass is 16.6. The Morgan fingerprint density at radius 3 is 2.18 bits per heavy atom. The molecule has 2 heterocycles. The summed E-state index contributed by atoms with van der Waals surface area (Å²) in [5.74, 6) is -0.832. The van der Waals surface area contributed by atoms with Crippen LogP contribution in [0.5, 0.6) is 0 Å². The second kappa shape index (κ2) is 16.7. The van der Waals surface area contributed by atoms with Crippen LogP contribution in [-0.2, 0) is 22.6 Å². The zero-order valence-electron chi connectivity index (χ0n) is 31.7. The van der Waals surface area contributed by atoms with Crippen molar-refractivity contribution in [1.82, 2.24) is 29.6 Å². The van der Waals surface area contributed by atoms with E-state index in [-0.39, 0.29) is 17.0 Å². The Morgan fingerprint density at radius 1 is 0.863 bits per heavy atom. The summed E-state index contributed by atoms with van der Waals surface area (Å²) in [6.07, 6.45) is 1.71. The minimum Gasteiger partial charge on any atom is -0.456 e. The van der Waals surface area contributed by atoms with E-state index in [9.17, 15) is 19.2 Å². The van der Waals surface area contributed by atoms with Gasteiger partial charge < -0.3 is 29.2 Å². The third-order valence-electron chi connectivity index (χ3n) is 8.25. The molecule has 51 heavy (non-hydrogen) atoms. The number of piperazine rings is 1. The van der Waals surface area contributed by atoms with Crippen LogP contribution in [0.4, 0.5) is 10.7 Å². The van der Waals surface area contributed by atoms with E-state index in [0.717, 1.165) is 38.2 Å². The SMILES string of the molecule is CN1CCN(Cc2cc(C(=O)N(C)C)c3c(c2)nc(NC(=O)c2cccc(C(=O)OC(C)(C)C)c2)n3CCCCCNC(=O)OC(C)(C)C)CC1. The van der Waals surface area contributed by atoms with E-state index in [1.54, 1.807) is 58.0 Å². The second-order valence-corrected chi connectivity index (χ2v) is 15.4. The Kier molecular flexibility index (Phi) is 12.9. The number of carbonyl (C=O) groups excluding carboxylic acids is 4. The van der Waals surface area contributed by atoms with Gasteiger partial charge in [0.25, 0.3) is 11.8 Å². The molecular formula is C38H55N7O6. The molecule has 3 aromatic rings. The van der Waals surface area contributed by atoms with Crippen molar-refractivity contribution < 1.29 is 28.7 Å². The van der Waals surface area contributed by atoms with E-state index in [1.165, 1.54) is 6.07 Å². The lowest BCUT2D eigenvalue weighted by atomic mass is 10.1. The smallest absolute Gasteiger partial charge is 0.407 e. The standard InChI is InChI=1S/C38H55N7O6/c1-37(2,3)50-34(48)28-15-13-14-27(24-28)32(46)41-35-40-30-23-26(25-44-20-18-43(9)19-21-44)22-29(33(47)42(7)8)31(30)45(35)17-12-10-11-16-39-36(49)51-38(4,5)6/h13-15,22-24H,10-12,16-21,25H2,1-9H3,(H,39,49)(H,40,41,46). The largest absolute Gasteiger partial charge is 0.456 e. The third kappa shape index (κ3) is 11.5. The first-order chi connectivity index (χ1) is 23.9. The number of benzene rings is 2. The predicted octanol–water partition coefficient (Wildman–Crippen LogP) is 5.39. The number of likely N-dealkylation sites (N-methyl/N-ethyl adjacent to an activating group) is 1. The van der Waals surface area contributed by atoms with Crippen LogP contribution in [-0.4, -0.2) is 113 Å². The predicted molar refractivity (Wildman–Crippen MR) is 198 cm³/mol. The van der Waals surface area contributed by atoms with Gasteiger partial charge in [-0.15, -0.1) is 0 Å². The molecule has 0 atom stereocenters. The lowest BCUT2D eigenvalue weighted by Gasteiger charge is -2.32. The van der Waals surface area contributed by atoms with Crippen molar-refractivity contribution >= 4 is 40.9 Å². The van der Waals surface area contributed by atoms with E-state index < -0.39 is 29.2 Å². The molecule has 2 N–H and O–H groups in total. The normalized spacial score (nSPS) is 14.3. The van der Waals surface area contributed by atoms with Crippen molar-refractivity contribution in [1.29, 1.82) is 0 Å². The molecule has 1 saturated heterocycles. The molecule has 2 aromatic carbocycles. The minimum atomic E-state index is -0.684. The summed E-state index contributed by atoms with van der Waals surface area (Å²) in [7, 11) is 5.56. The second-order valence-electron chi connectivity index (χ2n) is 15.4. The molecule has 3 amide bonds. The molecule has 0 radical (unpaired) electrons. The molecule has 278 valence electrons. The van der Waals surface area contributed by atoms with Crippen molar-refractivity contribution in [3.63, 3.8) is 0 Å². The summed E-state index contributed by atoms with van der Waals surface area (Å²) in [4.78, 5) is 63.4. The van der Waals surface area contributed by atoms with E-state index >= 15 is 0 Å². The van der Waals surface area contributed by atoms with Crippen molar-refractivity contribution in [3.8, 4) is 0 Å².